The average Bonchev–Trinajstić information content (AvgIpc) is 3.04. The van der Waals surface area contributed by atoms with E-state index in [9.17, 15) is 9.59 Å². The molecule has 27 heavy (non-hydrogen) atoms. The van der Waals surface area contributed by atoms with E-state index in [1.807, 2.05) is 42.5 Å². The van der Waals surface area contributed by atoms with Gasteiger partial charge in [0.2, 0.25) is 5.91 Å². The molecule has 3 aromatic rings. The average molecular weight is 405 g/mol. The Hall–Kier alpha value is -2.22. The normalized spacial score (nSPS) is 11.3. The second-order valence-electron chi connectivity index (χ2n) is 6.34. The number of fused-ring (bicyclic) bond motifs is 1. The number of amides is 1. The van der Waals surface area contributed by atoms with E-state index in [2.05, 4.69) is 15.3 Å². The molecule has 3 rings (SSSR count). The fourth-order valence-corrected chi connectivity index (χ4v) is 4.02. The molecule has 0 unspecified atom stereocenters. The number of halogens is 1. The standard InChI is InChI=1S/C19H21ClN4O2S/c1-3-8-21-16(25)10-24(2)9-15-22-18(26)17-13(11-27-19(17)23-15)12-6-4-5-7-14(12)20/h4-7,11H,3,8-10H2,1-2H3,(H,21,25)(H,22,23,26). The lowest BCUT2D eigenvalue weighted by molar-refractivity contribution is -0.122. The van der Waals surface area contributed by atoms with Crippen molar-refractivity contribution in [3.05, 3.63) is 50.8 Å². The van der Waals surface area contributed by atoms with Gasteiger partial charge in [-0.15, -0.1) is 11.3 Å². The molecule has 2 aromatic heterocycles. The van der Waals surface area contributed by atoms with Crippen LogP contribution in [0.5, 0.6) is 0 Å². The van der Waals surface area contributed by atoms with Crippen molar-refractivity contribution in [1.82, 2.24) is 20.2 Å². The first-order valence-electron chi connectivity index (χ1n) is 8.70. The summed E-state index contributed by atoms with van der Waals surface area (Å²) < 4.78 is 0. The number of aromatic amines is 1. The van der Waals surface area contributed by atoms with Gasteiger partial charge in [0.15, 0.2) is 0 Å². The topological polar surface area (TPSA) is 78.1 Å². The van der Waals surface area contributed by atoms with Gasteiger partial charge in [-0.2, -0.15) is 0 Å². The van der Waals surface area contributed by atoms with Gasteiger partial charge in [0, 0.05) is 28.1 Å². The summed E-state index contributed by atoms with van der Waals surface area (Å²) in [7, 11) is 1.82. The third kappa shape index (κ3) is 4.55. The van der Waals surface area contributed by atoms with Crippen molar-refractivity contribution >= 4 is 39.1 Å². The Morgan fingerprint density at radius 2 is 2.11 bits per heavy atom. The molecule has 0 saturated heterocycles. The number of rotatable bonds is 7. The van der Waals surface area contributed by atoms with E-state index < -0.39 is 0 Å². The summed E-state index contributed by atoms with van der Waals surface area (Å²) in [5.74, 6) is 0.491. The number of likely N-dealkylation sites (N-methyl/N-ethyl adjacent to an activating group) is 1. The molecule has 0 spiro atoms. The molecule has 0 saturated carbocycles. The lowest BCUT2D eigenvalue weighted by Crippen LogP contribution is -2.35. The van der Waals surface area contributed by atoms with Crippen LogP contribution < -0.4 is 10.9 Å². The maximum absolute atomic E-state index is 12.7. The summed E-state index contributed by atoms with van der Waals surface area (Å²) in [5, 5.41) is 5.87. The highest BCUT2D eigenvalue weighted by atomic mass is 35.5. The zero-order valence-electron chi connectivity index (χ0n) is 15.2. The first-order chi connectivity index (χ1) is 13.0. The Balaban J connectivity index is 1.83. The molecule has 6 nitrogen and oxygen atoms in total. The van der Waals surface area contributed by atoms with Gasteiger partial charge in [-0.1, -0.05) is 36.7 Å². The van der Waals surface area contributed by atoms with E-state index >= 15 is 0 Å². The number of hydrogen-bond donors (Lipinski definition) is 2. The zero-order chi connectivity index (χ0) is 19.4. The molecule has 2 N–H and O–H groups in total. The molecule has 142 valence electrons. The lowest BCUT2D eigenvalue weighted by atomic mass is 10.1. The molecule has 0 bridgehead atoms. The minimum absolute atomic E-state index is 0.0418. The summed E-state index contributed by atoms with van der Waals surface area (Å²) in [4.78, 5) is 34.4. The number of aromatic nitrogens is 2. The molecular formula is C19H21ClN4O2S. The Labute approximate surface area is 166 Å². The van der Waals surface area contributed by atoms with Crippen molar-refractivity contribution in [2.24, 2.45) is 0 Å². The number of nitrogens with one attached hydrogen (secondary N) is 2. The Kier molecular flexibility index (Phi) is 6.26. The van der Waals surface area contributed by atoms with E-state index in [4.69, 9.17) is 11.6 Å². The first kappa shape index (κ1) is 19.5. The van der Waals surface area contributed by atoms with Crippen LogP contribution in [0.2, 0.25) is 5.02 Å². The molecule has 1 amide bonds. The number of benzene rings is 1. The second kappa shape index (κ2) is 8.65. The SMILES string of the molecule is CCCNC(=O)CN(C)Cc1nc2scc(-c3ccccc3Cl)c2c(=O)[nH]1. The molecule has 0 aliphatic rings. The van der Waals surface area contributed by atoms with Gasteiger partial charge >= 0.3 is 0 Å². The molecule has 0 atom stereocenters. The molecular weight excluding hydrogens is 384 g/mol. The van der Waals surface area contributed by atoms with Crippen LogP contribution in [-0.4, -0.2) is 40.9 Å². The highest BCUT2D eigenvalue weighted by Gasteiger charge is 2.16. The summed E-state index contributed by atoms with van der Waals surface area (Å²) >= 11 is 7.69. The van der Waals surface area contributed by atoms with Crippen molar-refractivity contribution in [3.8, 4) is 11.1 Å². The van der Waals surface area contributed by atoms with Crippen LogP contribution in [-0.2, 0) is 11.3 Å². The van der Waals surface area contributed by atoms with Gasteiger partial charge in [-0.3, -0.25) is 14.5 Å². The lowest BCUT2D eigenvalue weighted by Gasteiger charge is -2.15. The molecule has 0 radical (unpaired) electrons. The minimum atomic E-state index is -0.199. The van der Waals surface area contributed by atoms with Gasteiger partial charge in [0.1, 0.15) is 10.7 Å². The third-order valence-electron chi connectivity index (χ3n) is 4.06. The van der Waals surface area contributed by atoms with Crippen LogP contribution >= 0.6 is 22.9 Å². The first-order valence-corrected chi connectivity index (χ1v) is 9.96. The summed E-state index contributed by atoms with van der Waals surface area (Å²) in [6, 6.07) is 7.43. The molecule has 8 heteroatoms. The van der Waals surface area contributed by atoms with Crippen LogP contribution in [0.25, 0.3) is 21.3 Å². The van der Waals surface area contributed by atoms with Crippen molar-refractivity contribution in [2.75, 3.05) is 20.1 Å². The maximum atomic E-state index is 12.7. The fraction of sp³-hybridized carbons (Fsp3) is 0.316. The predicted octanol–water partition coefficient (Wildman–Crippen LogP) is 3.26. The van der Waals surface area contributed by atoms with Gasteiger partial charge < -0.3 is 10.3 Å². The van der Waals surface area contributed by atoms with E-state index in [0.717, 1.165) is 17.5 Å². The Morgan fingerprint density at radius 3 is 2.85 bits per heavy atom. The van der Waals surface area contributed by atoms with E-state index in [1.165, 1.54) is 11.3 Å². The van der Waals surface area contributed by atoms with Crippen molar-refractivity contribution in [2.45, 2.75) is 19.9 Å². The number of carbonyl (C=O) groups excluding carboxylic acids is 1. The number of thiophene rings is 1. The van der Waals surface area contributed by atoms with Crippen LogP contribution in [0.1, 0.15) is 19.2 Å². The van der Waals surface area contributed by atoms with Gasteiger partial charge in [-0.05, 0) is 19.5 Å². The van der Waals surface area contributed by atoms with Gasteiger partial charge in [0.25, 0.3) is 5.56 Å². The van der Waals surface area contributed by atoms with Gasteiger partial charge in [-0.25, -0.2) is 4.98 Å². The van der Waals surface area contributed by atoms with Crippen molar-refractivity contribution < 1.29 is 4.79 Å². The maximum Gasteiger partial charge on any atom is 0.260 e. The number of H-pyrrole nitrogens is 1. The number of hydrogen-bond acceptors (Lipinski definition) is 5. The van der Waals surface area contributed by atoms with Crippen LogP contribution in [0.3, 0.4) is 0 Å². The largest absolute Gasteiger partial charge is 0.355 e. The zero-order valence-corrected chi connectivity index (χ0v) is 16.8. The fourth-order valence-electron chi connectivity index (χ4n) is 2.82. The van der Waals surface area contributed by atoms with Gasteiger partial charge in [0.05, 0.1) is 18.5 Å². The predicted molar refractivity (Wildman–Crippen MR) is 110 cm³/mol. The molecule has 0 fully saturated rings. The molecule has 2 heterocycles. The number of nitrogens with zero attached hydrogens (tertiary/aromatic N) is 2. The van der Waals surface area contributed by atoms with Crippen LogP contribution in [0.15, 0.2) is 34.4 Å². The summed E-state index contributed by atoms with van der Waals surface area (Å²) in [5.41, 5.74) is 1.40. The second-order valence-corrected chi connectivity index (χ2v) is 7.61. The quantitative estimate of drug-likeness (QED) is 0.633. The summed E-state index contributed by atoms with van der Waals surface area (Å²) in [6.07, 6.45) is 0.896. The number of carbonyl (C=O) groups is 1. The van der Waals surface area contributed by atoms with Crippen LogP contribution in [0, 0.1) is 0 Å². The smallest absolute Gasteiger partial charge is 0.260 e. The summed E-state index contributed by atoms with van der Waals surface area (Å²) in [6.45, 7) is 3.29. The van der Waals surface area contributed by atoms with Crippen molar-refractivity contribution in [3.63, 3.8) is 0 Å². The van der Waals surface area contributed by atoms with Crippen molar-refractivity contribution in [1.29, 1.82) is 0 Å². The third-order valence-corrected chi connectivity index (χ3v) is 5.26. The molecule has 0 aliphatic carbocycles. The Bertz CT molecular complexity index is 1010. The molecule has 0 aliphatic heterocycles. The van der Waals surface area contributed by atoms with E-state index in [1.54, 1.807) is 6.07 Å². The van der Waals surface area contributed by atoms with E-state index in [0.29, 0.717) is 34.2 Å². The Morgan fingerprint density at radius 1 is 1.33 bits per heavy atom. The van der Waals surface area contributed by atoms with Crippen LogP contribution in [0.4, 0.5) is 0 Å². The molecule has 1 aromatic carbocycles. The monoisotopic (exact) mass is 404 g/mol. The minimum Gasteiger partial charge on any atom is -0.355 e. The highest BCUT2D eigenvalue weighted by Crippen LogP contribution is 2.34. The highest BCUT2D eigenvalue weighted by molar-refractivity contribution is 7.17. The van der Waals surface area contributed by atoms with E-state index in [-0.39, 0.29) is 18.0 Å².